The van der Waals surface area contributed by atoms with Crippen molar-refractivity contribution in [3.63, 3.8) is 0 Å². The number of methoxy groups -OCH3 is 1. The molecular formula is C22H19ClN2OS. The van der Waals surface area contributed by atoms with Crippen LogP contribution < -0.4 is 4.74 Å². The lowest BCUT2D eigenvalue weighted by atomic mass is 9.98. The van der Waals surface area contributed by atoms with E-state index in [9.17, 15) is 0 Å². The van der Waals surface area contributed by atoms with E-state index in [0.29, 0.717) is 10.9 Å². The number of rotatable bonds is 5. The molecule has 0 fully saturated rings. The lowest BCUT2D eigenvalue weighted by Gasteiger charge is -2.24. The van der Waals surface area contributed by atoms with E-state index in [1.54, 1.807) is 7.11 Å². The summed E-state index contributed by atoms with van der Waals surface area (Å²) < 4.78 is 5.18. The summed E-state index contributed by atoms with van der Waals surface area (Å²) in [6.45, 7) is 0.878. The summed E-state index contributed by atoms with van der Waals surface area (Å²) >= 11 is 8.13. The third-order valence-electron chi connectivity index (χ3n) is 4.50. The van der Waals surface area contributed by atoms with Crippen LogP contribution in [0.15, 0.2) is 72.3 Å². The van der Waals surface area contributed by atoms with Crippen LogP contribution in [0, 0.1) is 0 Å². The predicted octanol–water partition coefficient (Wildman–Crippen LogP) is 5.92. The number of aromatic nitrogens is 1. The maximum atomic E-state index is 6.31. The highest BCUT2D eigenvalue weighted by Gasteiger charge is 2.21. The van der Waals surface area contributed by atoms with Crippen molar-refractivity contribution >= 4 is 29.1 Å². The molecule has 3 aromatic rings. The molecule has 0 saturated heterocycles. The van der Waals surface area contributed by atoms with Gasteiger partial charge in [-0.15, -0.1) is 11.8 Å². The van der Waals surface area contributed by atoms with Gasteiger partial charge in [-0.25, -0.2) is 4.98 Å². The number of halogens is 1. The highest BCUT2D eigenvalue weighted by molar-refractivity contribution is 8.02. The maximum Gasteiger partial charge on any atom is 0.212 e. The molecule has 1 aliphatic rings. The molecule has 1 aliphatic heterocycles. The van der Waals surface area contributed by atoms with E-state index in [1.165, 1.54) is 11.3 Å². The van der Waals surface area contributed by atoms with Crippen LogP contribution in [0.5, 0.6) is 5.88 Å². The Morgan fingerprint density at radius 3 is 2.67 bits per heavy atom. The molecule has 2 heterocycles. The lowest BCUT2D eigenvalue weighted by Crippen LogP contribution is -2.18. The quantitative estimate of drug-likeness (QED) is 0.536. The molecule has 3 nitrogen and oxygen atoms in total. The molecule has 1 aromatic heterocycles. The highest BCUT2D eigenvalue weighted by atomic mass is 35.5. The molecule has 0 atom stereocenters. The van der Waals surface area contributed by atoms with Gasteiger partial charge in [0.05, 0.1) is 18.7 Å². The van der Waals surface area contributed by atoms with Crippen molar-refractivity contribution in [3.8, 4) is 17.0 Å². The molecule has 0 amide bonds. The molecule has 0 N–H and O–H groups in total. The molecule has 0 radical (unpaired) electrons. The molecule has 5 heteroatoms. The fraction of sp³-hybridized carbons (Fsp3) is 0.136. The Hall–Kier alpha value is -2.43. The topological polar surface area (TPSA) is 25.4 Å². The number of hydrogen-bond acceptors (Lipinski definition) is 4. The molecule has 0 bridgehead atoms. The Balaban J connectivity index is 1.70. The van der Waals surface area contributed by atoms with Gasteiger partial charge < -0.3 is 9.64 Å². The summed E-state index contributed by atoms with van der Waals surface area (Å²) in [4.78, 5) is 6.75. The van der Waals surface area contributed by atoms with Crippen LogP contribution in [0.3, 0.4) is 0 Å². The van der Waals surface area contributed by atoms with Crippen molar-refractivity contribution in [1.29, 1.82) is 0 Å². The minimum atomic E-state index is 0.601. The van der Waals surface area contributed by atoms with Gasteiger partial charge in [0, 0.05) is 35.0 Å². The average molecular weight is 395 g/mol. The fourth-order valence-corrected chi connectivity index (χ4v) is 4.25. The van der Waals surface area contributed by atoms with Crippen molar-refractivity contribution in [2.75, 3.05) is 13.0 Å². The first-order valence-electron chi connectivity index (χ1n) is 8.65. The number of benzene rings is 2. The van der Waals surface area contributed by atoms with Crippen molar-refractivity contribution in [1.82, 2.24) is 9.88 Å². The van der Waals surface area contributed by atoms with E-state index in [1.807, 2.05) is 48.3 Å². The first-order valence-corrected chi connectivity index (χ1v) is 10.1. The van der Waals surface area contributed by atoms with Crippen LogP contribution in [0.25, 0.3) is 16.8 Å². The van der Waals surface area contributed by atoms with Crippen molar-refractivity contribution in [2.24, 2.45) is 0 Å². The zero-order chi connectivity index (χ0) is 18.6. The van der Waals surface area contributed by atoms with Crippen molar-refractivity contribution < 1.29 is 4.74 Å². The first kappa shape index (κ1) is 18.0. The highest BCUT2D eigenvalue weighted by Crippen LogP contribution is 2.38. The standard InChI is InChI=1S/C22H19ClN2OS/c1-26-22-10-7-17(12-24-22)20-11-18(23)8-9-19(20)21-14-27-15-25(21)13-16-5-3-2-4-6-16/h2-12,14H,13,15H2,1H3. The average Bonchev–Trinajstić information content (AvgIpc) is 3.16. The zero-order valence-electron chi connectivity index (χ0n) is 14.9. The first-order chi connectivity index (χ1) is 13.2. The van der Waals surface area contributed by atoms with Gasteiger partial charge in [0.15, 0.2) is 0 Å². The van der Waals surface area contributed by atoms with E-state index >= 15 is 0 Å². The minimum absolute atomic E-state index is 0.601. The Morgan fingerprint density at radius 1 is 1.07 bits per heavy atom. The second kappa shape index (κ2) is 8.07. The predicted molar refractivity (Wildman–Crippen MR) is 114 cm³/mol. The van der Waals surface area contributed by atoms with E-state index in [0.717, 1.165) is 29.1 Å². The van der Waals surface area contributed by atoms with Gasteiger partial charge in [-0.3, -0.25) is 0 Å². The molecule has 27 heavy (non-hydrogen) atoms. The Kier molecular flexibility index (Phi) is 5.37. The van der Waals surface area contributed by atoms with E-state index in [2.05, 4.69) is 45.6 Å². The Labute approximate surface area is 168 Å². The summed E-state index contributed by atoms with van der Waals surface area (Å²) in [5.74, 6) is 1.54. The van der Waals surface area contributed by atoms with Crippen LogP contribution in [0.4, 0.5) is 0 Å². The molecular weight excluding hydrogens is 376 g/mol. The SMILES string of the molecule is COc1ccc(-c2cc(Cl)ccc2C2=CSCN2Cc2ccccc2)cn1. The summed E-state index contributed by atoms with van der Waals surface area (Å²) in [5.41, 5.74) is 5.77. The van der Waals surface area contributed by atoms with E-state index in [4.69, 9.17) is 16.3 Å². The monoisotopic (exact) mass is 394 g/mol. The van der Waals surface area contributed by atoms with Crippen LogP contribution in [-0.4, -0.2) is 22.9 Å². The second-order valence-electron chi connectivity index (χ2n) is 6.26. The van der Waals surface area contributed by atoms with Gasteiger partial charge in [0.25, 0.3) is 0 Å². The molecule has 136 valence electrons. The van der Waals surface area contributed by atoms with E-state index < -0.39 is 0 Å². The number of thioether (sulfide) groups is 1. The molecule has 0 aliphatic carbocycles. The summed E-state index contributed by atoms with van der Waals surface area (Å²) in [5, 5.41) is 2.94. The third-order valence-corrected chi connectivity index (χ3v) is 5.58. The van der Waals surface area contributed by atoms with Gasteiger partial charge >= 0.3 is 0 Å². The Morgan fingerprint density at radius 2 is 1.93 bits per heavy atom. The van der Waals surface area contributed by atoms with Crippen molar-refractivity contribution in [3.05, 3.63) is 88.4 Å². The minimum Gasteiger partial charge on any atom is -0.481 e. The van der Waals surface area contributed by atoms with Gasteiger partial charge in [0.2, 0.25) is 5.88 Å². The number of hydrogen-bond donors (Lipinski definition) is 0. The number of pyridine rings is 1. The molecule has 0 saturated carbocycles. The van der Waals surface area contributed by atoms with Crippen molar-refractivity contribution in [2.45, 2.75) is 6.54 Å². The lowest BCUT2D eigenvalue weighted by molar-refractivity contribution is 0.398. The van der Waals surface area contributed by atoms with Crippen LogP contribution in [0.1, 0.15) is 11.1 Å². The summed E-state index contributed by atoms with van der Waals surface area (Å²) in [6.07, 6.45) is 1.83. The number of ether oxygens (including phenoxy) is 1. The van der Waals surface area contributed by atoms with E-state index in [-0.39, 0.29) is 0 Å². The molecule has 0 spiro atoms. The third kappa shape index (κ3) is 3.97. The smallest absolute Gasteiger partial charge is 0.212 e. The van der Waals surface area contributed by atoms with Crippen LogP contribution in [-0.2, 0) is 6.54 Å². The fourth-order valence-electron chi connectivity index (χ4n) is 3.16. The van der Waals surface area contributed by atoms with Gasteiger partial charge in [-0.1, -0.05) is 48.0 Å². The Bertz CT molecular complexity index is 958. The largest absolute Gasteiger partial charge is 0.481 e. The summed E-state index contributed by atoms with van der Waals surface area (Å²) in [6, 6.07) is 20.5. The second-order valence-corrected chi connectivity index (χ2v) is 7.53. The van der Waals surface area contributed by atoms with Gasteiger partial charge in [-0.2, -0.15) is 0 Å². The molecule has 0 unspecified atom stereocenters. The normalized spacial score (nSPS) is 13.6. The van der Waals surface area contributed by atoms with Crippen LogP contribution >= 0.6 is 23.4 Å². The van der Waals surface area contributed by atoms with Crippen LogP contribution in [0.2, 0.25) is 5.02 Å². The number of nitrogens with zero attached hydrogens (tertiary/aromatic N) is 2. The zero-order valence-corrected chi connectivity index (χ0v) is 16.5. The maximum absolute atomic E-state index is 6.31. The van der Waals surface area contributed by atoms with Gasteiger partial charge in [-0.05, 0) is 34.7 Å². The molecule has 4 rings (SSSR count). The van der Waals surface area contributed by atoms with Gasteiger partial charge in [0.1, 0.15) is 0 Å². The summed E-state index contributed by atoms with van der Waals surface area (Å²) in [7, 11) is 1.62. The molecule has 2 aromatic carbocycles.